The summed E-state index contributed by atoms with van der Waals surface area (Å²) >= 11 is 12.1. The Kier molecular flexibility index (Phi) is 2.65. The van der Waals surface area contributed by atoms with Crippen LogP contribution in [0.3, 0.4) is 0 Å². The van der Waals surface area contributed by atoms with Gasteiger partial charge >= 0.3 is 0 Å². The lowest BCUT2D eigenvalue weighted by Gasteiger charge is -2.00. The zero-order valence-electron chi connectivity index (χ0n) is 9.24. The van der Waals surface area contributed by atoms with Crippen molar-refractivity contribution >= 4 is 39.9 Å². The number of aromatic amines is 1. The highest BCUT2D eigenvalue weighted by atomic mass is 35.5. The molecule has 18 heavy (non-hydrogen) atoms. The number of hydrogen-bond acceptors (Lipinski definition) is 2. The number of nitrogens with one attached hydrogen (secondary N) is 1. The first-order valence-electron chi connectivity index (χ1n) is 5.34. The van der Waals surface area contributed by atoms with Gasteiger partial charge in [-0.15, -0.1) is 0 Å². The van der Waals surface area contributed by atoms with Gasteiger partial charge in [0.1, 0.15) is 11.3 Å². The van der Waals surface area contributed by atoms with Crippen molar-refractivity contribution in [2.45, 2.75) is 0 Å². The summed E-state index contributed by atoms with van der Waals surface area (Å²) in [5, 5.41) is 1.20. The number of imidazole rings is 1. The zero-order valence-corrected chi connectivity index (χ0v) is 10.8. The average molecular weight is 278 g/mol. The van der Waals surface area contributed by atoms with Gasteiger partial charge in [-0.05, 0) is 30.3 Å². The first kappa shape index (κ1) is 11.4. The van der Waals surface area contributed by atoms with Gasteiger partial charge in [0, 0.05) is 16.3 Å². The summed E-state index contributed by atoms with van der Waals surface area (Å²) < 4.78 is 0. The lowest BCUT2D eigenvalue weighted by atomic mass is 10.2. The molecule has 3 N–H and O–H groups in total. The second kappa shape index (κ2) is 4.19. The quantitative estimate of drug-likeness (QED) is 0.658. The Balaban J connectivity index is 2.22. The van der Waals surface area contributed by atoms with E-state index in [1.165, 1.54) is 0 Å². The highest BCUT2D eigenvalue weighted by molar-refractivity contribution is 6.35. The molecule has 90 valence electrons. The van der Waals surface area contributed by atoms with Gasteiger partial charge in [0.15, 0.2) is 0 Å². The molecular weight excluding hydrogens is 269 g/mol. The summed E-state index contributed by atoms with van der Waals surface area (Å²) in [5.74, 6) is 0.701. The van der Waals surface area contributed by atoms with Crippen LogP contribution in [0.2, 0.25) is 10.0 Å². The van der Waals surface area contributed by atoms with Gasteiger partial charge in [0.25, 0.3) is 0 Å². The number of para-hydroxylation sites is 1. The van der Waals surface area contributed by atoms with Gasteiger partial charge in [-0.2, -0.15) is 0 Å². The Hall–Kier alpha value is -1.71. The highest BCUT2D eigenvalue weighted by Crippen LogP contribution is 2.28. The van der Waals surface area contributed by atoms with E-state index >= 15 is 0 Å². The van der Waals surface area contributed by atoms with E-state index in [2.05, 4.69) is 9.97 Å². The maximum atomic E-state index is 6.09. The molecular formula is C13H9Cl2N3. The van der Waals surface area contributed by atoms with Crippen LogP contribution in [0.5, 0.6) is 0 Å². The minimum atomic E-state index is 0.580. The lowest BCUT2D eigenvalue weighted by molar-refractivity contribution is 1.34. The largest absolute Gasteiger partial charge is 0.399 e. The van der Waals surface area contributed by atoms with Gasteiger partial charge in [-0.3, -0.25) is 0 Å². The van der Waals surface area contributed by atoms with Crippen molar-refractivity contribution in [2.75, 3.05) is 5.73 Å². The van der Waals surface area contributed by atoms with Crippen LogP contribution in [-0.4, -0.2) is 9.97 Å². The predicted octanol–water partition coefficient (Wildman–Crippen LogP) is 4.12. The summed E-state index contributed by atoms with van der Waals surface area (Å²) in [7, 11) is 0. The number of H-pyrrole nitrogens is 1. The Morgan fingerprint density at radius 1 is 1.11 bits per heavy atom. The summed E-state index contributed by atoms with van der Waals surface area (Å²) in [6, 6.07) is 10.9. The van der Waals surface area contributed by atoms with E-state index in [9.17, 15) is 0 Å². The SMILES string of the molecule is Nc1cc(Cl)cc(-c2nc3c(Cl)cccc3[nH]2)c1. The van der Waals surface area contributed by atoms with E-state index in [1.807, 2.05) is 24.3 Å². The van der Waals surface area contributed by atoms with Crippen molar-refractivity contribution in [3.05, 3.63) is 46.4 Å². The number of halogens is 2. The third kappa shape index (κ3) is 1.92. The fraction of sp³-hybridized carbons (Fsp3) is 0. The number of aromatic nitrogens is 2. The van der Waals surface area contributed by atoms with Crippen molar-refractivity contribution in [1.82, 2.24) is 9.97 Å². The van der Waals surface area contributed by atoms with Crippen LogP contribution in [0, 0.1) is 0 Å². The van der Waals surface area contributed by atoms with Crippen molar-refractivity contribution in [3.8, 4) is 11.4 Å². The minimum Gasteiger partial charge on any atom is -0.399 e. The molecule has 3 aromatic rings. The van der Waals surface area contributed by atoms with Crippen LogP contribution < -0.4 is 5.73 Å². The topological polar surface area (TPSA) is 54.7 Å². The number of nitrogens with zero attached hydrogens (tertiary/aromatic N) is 1. The summed E-state index contributed by atoms with van der Waals surface area (Å²) in [6.45, 7) is 0. The fourth-order valence-corrected chi connectivity index (χ4v) is 2.34. The molecule has 2 aromatic carbocycles. The molecule has 1 heterocycles. The molecule has 0 spiro atoms. The van der Waals surface area contributed by atoms with E-state index < -0.39 is 0 Å². The Labute approximate surface area is 114 Å². The lowest BCUT2D eigenvalue weighted by Crippen LogP contribution is -1.87. The van der Waals surface area contributed by atoms with Crippen LogP contribution in [0.1, 0.15) is 0 Å². The number of hydrogen-bond donors (Lipinski definition) is 2. The van der Waals surface area contributed by atoms with Crippen LogP contribution >= 0.6 is 23.2 Å². The van der Waals surface area contributed by atoms with Crippen LogP contribution in [-0.2, 0) is 0 Å². The zero-order chi connectivity index (χ0) is 12.7. The molecule has 3 rings (SSSR count). The third-order valence-corrected chi connectivity index (χ3v) is 3.18. The summed E-state index contributed by atoms with van der Waals surface area (Å²) in [4.78, 5) is 7.66. The van der Waals surface area contributed by atoms with Crippen LogP contribution in [0.4, 0.5) is 5.69 Å². The standard InChI is InChI=1S/C13H9Cl2N3/c14-8-4-7(5-9(16)6-8)13-17-11-3-1-2-10(15)12(11)18-13/h1-6H,16H2,(H,17,18). The van der Waals surface area contributed by atoms with E-state index in [0.717, 1.165) is 16.6 Å². The summed E-state index contributed by atoms with van der Waals surface area (Å²) in [5.41, 5.74) is 8.84. The third-order valence-electron chi connectivity index (χ3n) is 2.66. The van der Waals surface area contributed by atoms with Gasteiger partial charge in [-0.25, -0.2) is 4.98 Å². The van der Waals surface area contributed by atoms with Crippen molar-refractivity contribution in [3.63, 3.8) is 0 Å². The first-order chi connectivity index (χ1) is 8.63. The van der Waals surface area contributed by atoms with Gasteiger partial charge in [-0.1, -0.05) is 29.3 Å². The Bertz CT molecular complexity index is 714. The predicted molar refractivity (Wildman–Crippen MR) is 76.0 cm³/mol. The molecule has 0 aliphatic heterocycles. The van der Waals surface area contributed by atoms with E-state index in [0.29, 0.717) is 21.6 Å². The van der Waals surface area contributed by atoms with E-state index in [1.54, 1.807) is 12.1 Å². The molecule has 0 fully saturated rings. The first-order valence-corrected chi connectivity index (χ1v) is 6.10. The molecule has 0 atom stereocenters. The minimum absolute atomic E-state index is 0.580. The Morgan fingerprint density at radius 3 is 2.67 bits per heavy atom. The molecule has 1 aromatic heterocycles. The highest BCUT2D eigenvalue weighted by Gasteiger charge is 2.08. The molecule has 0 radical (unpaired) electrons. The number of anilines is 1. The number of nitrogens with two attached hydrogens (primary N) is 1. The van der Waals surface area contributed by atoms with Crippen LogP contribution in [0.15, 0.2) is 36.4 Å². The monoisotopic (exact) mass is 277 g/mol. The van der Waals surface area contributed by atoms with Gasteiger partial charge in [0.05, 0.1) is 10.5 Å². The van der Waals surface area contributed by atoms with Crippen LogP contribution in [0.25, 0.3) is 22.4 Å². The maximum Gasteiger partial charge on any atom is 0.138 e. The molecule has 3 nitrogen and oxygen atoms in total. The molecule has 0 unspecified atom stereocenters. The van der Waals surface area contributed by atoms with Crippen molar-refractivity contribution < 1.29 is 0 Å². The molecule has 0 saturated carbocycles. The van der Waals surface area contributed by atoms with E-state index in [4.69, 9.17) is 28.9 Å². The molecule has 0 amide bonds. The van der Waals surface area contributed by atoms with Crippen molar-refractivity contribution in [2.24, 2.45) is 0 Å². The molecule has 0 aliphatic carbocycles. The molecule has 5 heteroatoms. The number of rotatable bonds is 1. The molecule has 0 bridgehead atoms. The average Bonchev–Trinajstić information content (AvgIpc) is 2.73. The normalized spacial score (nSPS) is 11.0. The Morgan fingerprint density at radius 2 is 1.94 bits per heavy atom. The maximum absolute atomic E-state index is 6.09. The number of nitrogen functional groups attached to an aromatic ring is 1. The number of fused-ring (bicyclic) bond motifs is 1. The smallest absolute Gasteiger partial charge is 0.138 e. The second-order valence-corrected chi connectivity index (χ2v) is 4.84. The van der Waals surface area contributed by atoms with Gasteiger partial charge < -0.3 is 10.7 Å². The van der Waals surface area contributed by atoms with Crippen molar-refractivity contribution in [1.29, 1.82) is 0 Å². The second-order valence-electron chi connectivity index (χ2n) is 3.99. The number of benzene rings is 2. The van der Waals surface area contributed by atoms with Gasteiger partial charge in [0.2, 0.25) is 0 Å². The molecule has 0 saturated heterocycles. The fourth-order valence-electron chi connectivity index (χ4n) is 1.88. The molecule has 0 aliphatic rings. The van der Waals surface area contributed by atoms with E-state index in [-0.39, 0.29) is 0 Å². The summed E-state index contributed by atoms with van der Waals surface area (Å²) in [6.07, 6.45) is 0.